The summed E-state index contributed by atoms with van der Waals surface area (Å²) in [4.78, 5) is 12.4. The van der Waals surface area contributed by atoms with Gasteiger partial charge in [0.1, 0.15) is 18.0 Å². The van der Waals surface area contributed by atoms with Crippen molar-refractivity contribution in [1.29, 1.82) is 0 Å². The standard InChI is InChI=1S/C26H23N3O3S/c1-3-33(30,31)20-8-4-7-19(13-20)21-9-10-23(32-16-18-6-5-11-27-15-18)25-24(21)22-12-17(2)14-28-26(22)29-25/h4-15H,3,16H2,1-2H3,(H,28,29). The van der Waals surface area contributed by atoms with E-state index >= 15 is 0 Å². The van der Waals surface area contributed by atoms with Crippen LogP contribution in [0.2, 0.25) is 0 Å². The van der Waals surface area contributed by atoms with Crippen LogP contribution >= 0.6 is 0 Å². The summed E-state index contributed by atoms with van der Waals surface area (Å²) in [6, 6.07) is 16.9. The summed E-state index contributed by atoms with van der Waals surface area (Å²) in [5.41, 5.74) is 5.34. The van der Waals surface area contributed by atoms with Crippen LogP contribution in [0.1, 0.15) is 18.1 Å². The predicted octanol–water partition coefficient (Wildman–Crippen LogP) is 5.46. The topological polar surface area (TPSA) is 84.9 Å². The van der Waals surface area contributed by atoms with Gasteiger partial charge < -0.3 is 9.72 Å². The summed E-state index contributed by atoms with van der Waals surface area (Å²) < 4.78 is 31.1. The molecule has 0 bridgehead atoms. The van der Waals surface area contributed by atoms with Gasteiger partial charge in [-0.15, -0.1) is 0 Å². The van der Waals surface area contributed by atoms with E-state index in [1.165, 1.54) is 0 Å². The highest BCUT2D eigenvalue weighted by molar-refractivity contribution is 7.91. The fraction of sp³-hybridized carbons (Fsp3) is 0.154. The minimum absolute atomic E-state index is 0.0587. The van der Waals surface area contributed by atoms with Crippen molar-refractivity contribution in [2.45, 2.75) is 25.3 Å². The van der Waals surface area contributed by atoms with E-state index in [1.807, 2.05) is 43.5 Å². The summed E-state index contributed by atoms with van der Waals surface area (Å²) in [5.74, 6) is 0.758. The first-order valence-corrected chi connectivity index (χ1v) is 12.4. The molecular formula is C26H23N3O3S. The third kappa shape index (κ3) is 3.96. The first-order valence-electron chi connectivity index (χ1n) is 10.7. The number of fused-ring (bicyclic) bond motifs is 3. The molecule has 0 amide bonds. The van der Waals surface area contributed by atoms with Gasteiger partial charge in [0.05, 0.1) is 16.2 Å². The van der Waals surface area contributed by atoms with E-state index < -0.39 is 9.84 Å². The number of ether oxygens (including phenoxy) is 1. The fourth-order valence-corrected chi connectivity index (χ4v) is 4.92. The van der Waals surface area contributed by atoms with Gasteiger partial charge in [0.15, 0.2) is 9.84 Å². The minimum Gasteiger partial charge on any atom is -0.487 e. The lowest BCUT2D eigenvalue weighted by Crippen LogP contribution is -2.03. The number of aromatic amines is 1. The molecule has 0 aliphatic carbocycles. The van der Waals surface area contributed by atoms with Gasteiger partial charge in [0, 0.05) is 34.9 Å². The predicted molar refractivity (Wildman–Crippen MR) is 130 cm³/mol. The molecule has 1 N–H and O–H groups in total. The van der Waals surface area contributed by atoms with Crippen LogP contribution in [0, 0.1) is 6.92 Å². The Labute approximate surface area is 192 Å². The second kappa shape index (κ2) is 8.33. The summed E-state index contributed by atoms with van der Waals surface area (Å²) in [6.07, 6.45) is 5.33. The molecule has 0 aliphatic rings. The van der Waals surface area contributed by atoms with Crippen LogP contribution in [0.15, 0.2) is 78.1 Å². The number of benzene rings is 2. The lowest BCUT2D eigenvalue weighted by molar-refractivity contribution is 0.309. The molecule has 5 rings (SSSR count). The molecule has 0 saturated carbocycles. The molecule has 5 aromatic rings. The van der Waals surface area contributed by atoms with Crippen LogP contribution in [0.5, 0.6) is 5.75 Å². The average molecular weight is 458 g/mol. The highest BCUT2D eigenvalue weighted by Gasteiger charge is 2.18. The molecule has 2 aromatic carbocycles. The lowest BCUT2D eigenvalue weighted by Gasteiger charge is -2.12. The molecule has 7 heteroatoms. The van der Waals surface area contributed by atoms with Gasteiger partial charge in [0.2, 0.25) is 0 Å². The second-order valence-corrected chi connectivity index (χ2v) is 10.3. The number of hydrogen-bond donors (Lipinski definition) is 1. The Morgan fingerprint density at radius 1 is 1.03 bits per heavy atom. The van der Waals surface area contributed by atoms with Crippen LogP contribution in [0.3, 0.4) is 0 Å². The van der Waals surface area contributed by atoms with Gasteiger partial charge in [-0.05, 0) is 60.0 Å². The van der Waals surface area contributed by atoms with Crippen molar-refractivity contribution < 1.29 is 13.2 Å². The van der Waals surface area contributed by atoms with E-state index in [-0.39, 0.29) is 5.75 Å². The van der Waals surface area contributed by atoms with Crippen LogP contribution in [0.25, 0.3) is 33.1 Å². The van der Waals surface area contributed by atoms with Crippen molar-refractivity contribution in [3.63, 3.8) is 0 Å². The minimum atomic E-state index is -3.32. The number of aromatic nitrogens is 3. The van der Waals surface area contributed by atoms with E-state index in [0.717, 1.165) is 44.2 Å². The van der Waals surface area contributed by atoms with E-state index in [0.29, 0.717) is 17.3 Å². The molecule has 166 valence electrons. The quantitative estimate of drug-likeness (QED) is 0.366. The normalized spacial score (nSPS) is 11.8. The van der Waals surface area contributed by atoms with E-state index in [4.69, 9.17) is 4.74 Å². The maximum atomic E-state index is 12.5. The van der Waals surface area contributed by atoms with Crippen LogP contribution in [-0.2, 0) is 16.4 Å². The van der Waals surface area contributed by atoms with Crippen molar-refractivity contribution in [2.24, 2.45) is 0 Å². The number of nitrogens with zero attached hydrogens (tertiary/aromatic N) is 2. The van der Waals surface area contributed by atoms with Gasteiger partial charge >= 0.3 is 0 Å². The summed E-state index contributed by atoms with van der Waals surface area (Å²) in [6.45, 7) is 4.04. The van der Waals surface area contributed by atoms with Crippen molar-refractivity contribution in [1.82, 2.24) is 15.0 Å². The molecule has 0 radical (unpaired) electrons. The maximum Gasteiger partial charge on any atom is 0.178 e. The van der Waals surface area contributed by atoms with Crippen LogP contribution < -0.4 is 4.74 Å². The van der Waals surface area contributed by atoms with Crippen LogP contribution in [0.4, 0.5) is 0 Å². The number of sulfone groups is 1. The molecule has 0 spiro atoms. The summed E-state index contributed by atoms with van der Waals surface area (Å²) >= 11 is 0. The summed E-state index contributed by atoms with van der Waals surface area (Å²) in [5, 5.41) is 1.92. The number of rotatable bonds is 6. The van der Waals surface area contributed by atoms with E-state index in [2.05, 4.69) is 21.0 Å². The molecule has 0 fully saturated rings. The van der Waals surface area contributed by atoms with Crippen molar-refractivity contribution in [3.05, 3.63) is 84.3 Å². The lowest BCUT2D eigenvalue weighted by atomic mass is 9.99. The number of H-pyrrole nitrogens is 1. The Bertz CT molecular complexity index is 1580. The average Bonchev–Trinajstić information content (AvgIpc) is 3.22. The van der Waals surface area contributed by atoms with Crippen molar-refractivity contribution in [2.75, 3.05) is 5.75 Å². The van der Waals surface area contributed by atoms with Gasteiger partial charge in [-0.1, -0.05) is 25.1 Å². The van der Waals surface area contributed by atoms with Gasteiger partial charge in [-0.2, -0.15) is 0 Å². The van der Waals surface area contributed by atoms with Crippen molar-refractivity contribution in [3.8, 4) is 16.9 Å². The third-order valence-electron chi connectivity index (χ3n) is 5.71. The second-order valence-electron chi connectivity index (χ2n) is 7.98. The smallest absolute Gasteiger partial charge is 0.178 e. The monoisotopic (exact) mass is 457 g/mol. The third-order valence-corrected chi connectivity index (χ3v) is 7.44. The SMILES string of the molecule is CCS(=O)(=O)c1cccc(-c2ccc(OCc3cccnc3)c3[nH]c4ncc(C)cc4c23)c1. The molecule has 0 aliphatic heterocycles. The zero-order valence-electron chi connectivity index (χ0n) is 18.4. The molecule has 6 nitrogen and oxygen atoms in total. The molecule has 3 aromatic heterocycles. The van der Waals surface area contributed by atoms with Gasteiger partial charge in [-0.3, -0.25) is 4.98 Å². The molecule has 3 heterocycles. The Morgan fingerprint density at radius 2 is 1.91 bits per heavy atom. The highest BCUT2D eigenvalue weighted by atomic mass is 32.2. The Kier molecular flexibility index (Phi) is 5.34. The summed E-state index contributed by atoms with van der Waals surface area (Å²) in [7, 11) is -3.32. The Hall–Kier alpha value is -3.71. The van der Waals surface area contributed by atoms with E-state index in [1.54, 1.807) is 37.5 Å². The van der Waals surface area contributed by atoms with Gasteiger partial charge in [-0.25, -0.2) is 13.4 Å². The molecule has 0 atom stereocenters. The molecular weight excluding hydrogens is 434 g/mol. The number of hydrogen-bond acceptors (Lipinski definition) is 5. The largest absolute Gasteiger partial charge is 0.487 e. The zero-order chi connectivity index (χ0) is 23.0. The van der Waals surface area contributed by atoms with Crippen LogP contribution in [-0.4, -0.2) is 29.1 Å². The first-order chi connectivity index (χ1) is 16.0. The van der Waals surface area contributed by atoms with Crippen molar-refractivity contribution >= 4 is 31.8 Å². The Balaban J connectivity index is 1.70. The molecule has 33 heavy (non-hydrogen) atoms. The highest BCUT2D eigenvalue weighted by Crippen LogP contribution is 2.39. The van der Waals surface area contributed by atoms with E-state index in [9.17, 15) is 8.42 Å². The fourth-order valence-electron chi connectivity index (χ4n) is 3.99. The zero-order valence-corrected chi connectivity index (χ0v) is 19.2. The molecule has 0 unspecified atom stereocenters. The Morgan fingerprint density at radius 3 is 2.70 bits per heavy atom. The first kappa shape index (κ1) is 21.2. The van der Waals surface area contributed by atoms with Gasteiger partial charge in [0.25, 0.3) is 0 Å². The number of aryl methyl sites for hydroxylation is 1. The number of nitrogens with one attached hydrogen (secondary N) is 1. The molecule has 0 saturated heterocycles. The number of pyridine rings is 2. The maximum absolute atomic E-state index is 12.5.